The highest BCUT2D eigenvalue weighted by Crippen LogP contribution is 2.29. The summed E-state index contributed by atoms with van der Waals surface area (Å²) in [5.74, 6) is -1.03. The lowest BCUT2D eigenvalue weighted by Gasteiger charge is -2.28. The molecule has 1 heterocycles. The maximum Gasteiger partial charge on any atom is 0.269 e. The Hall–Kier alpha value is -4.33. The van der Waals surface area contributed by atoms with Crippen molar-refractivity contribution >= 4 is 29.1 Å². The summed E-state index contributed by atoms with van der Waals surface area (Å²) in [7, 11) is 0. The lowest BCUT2D eigenvalue weighted by atomic mass is 10.0. The standard InChI is InChI=1S/C28H27N3O5/c1-18(2)21-8-12-23(13-9-21)30-26(32)16-25(28(30)34)29(17-20-6-4-19(3)5-7-20)27(33)22-10-14-24(15-11-22)31(35)36/h4-15,18,25H,16-17H2,1-3H3. The Balaban J connectivity index is 1.67. The van der Waals surface area contributed by atoms with E-state index < -0.39 is 22.8 Å². The minimum absolute atomic E-state index is 0.111. The molecule has 1 atom stereocenters. The van der Waals surface area contributed by atoms with Crippen molar-refractivity contribution in [3.8, 4) is 0 Å². The van der Waals surface area contributed by atoms with Gasteiger partial charge in [-0.3, -0.25) is 24.5 Å². The fourth-order valence-electron chi connectivity index (χ4n) is 4.24. The molecule has 0 N–H and O–H groups in total. The number of carbonyl (C=O) groups is 3. The van der Waals surface area contributed by atoms with Crippen molar-refractivity contribution in [2.75, 3.05) is 4.90 Å². The summed E-state index contributed by atoms with van der Waals surface area (Å²) < 4.78 is 0. The Morgan fingerprint density at radius 1 is 1.00 bits per heavy atom. The maximum atomic E-state index is 13.6. The molecule has 1 aliphatic heterocycles. The molecule has 0 spiro atoms. The van der Waals surface area contributed by atoms with Crippen LogP contribution in [0.2, 0.25) is 0 Å². The number of nitro groups is 1. The number of anilines is 1. The predicted octanol–water partition coefficient (Wildman–Crippen LogP) is 5.00. The number of nitro benzene ring substituents is 1. The molecule has 0 saturated carbocycles. The van der Waals surface area contributed by atoms with Gasteiger partial charge in [0.15, 0.2) is 0 Å². The normalized spacial score (nSPS) is 15.4. The molecule has 4 rings (SSSR count). The van der Waals surface area contributed by atoms with Crippen LogP contribution in [0.4, 0.5) is 11.4 Å². The monoisotopic (exact) mass is 485 g/mol. The van der Waals surface area contributed by atoms with Crippen molar-refractivity contribution in [2.24, 2.45) is 0 Å². The van der Waals surface area contributed by atoms with Gasteiger partial charge in [0.05, 0.1) is 17.0 Å². The molecule has 0 aromatic heterocycles. The Morgan fingerprint density at radius 2 is 1.61 bits per heavy atom. The number of rotatable bonds is 7. The van der Waals surface area contributed by atoms with Gasteiger partial charge in [0.25, 0.3) is 17.5 Å². The summed E-state index contributed by atoms with van der Waals surface area (Å²) in [6.45, 7) is 6.18. The van der Waals surface area contributed by atoms with E-state index in [1.54, 1.807) is 12.1 Å². The summed E-state index contributed by atoms with van der Waals surface area (Å²) >= 11 is 0. The molecule has 0 bridgehead atoms. The minimum atomic E-state index is -0.994. The van der Waals surface area contributed by atoms with E-state index in [1.165, 1.54) is 29.2 Å². The summed E-state index contributed by atoms with van der Waals surface area (Å²) in [4.78, 5) is 53.1. The van der Waals surface area contributed by atoms with E-state index in [4.69, 9.17) is 0 Å². The van der Waals surface area contributed by atoms with Crippen molar-refractivity contribution in [1.29, 1.82) is 0 Å². The summed E-state index contributed by atoms with van der Waals surface area (Å²) in [5.41, 5.74) is 3.47. The molecule has 1 saturated heterocycles. The Morgan fingerprint density at radius 3 is 2.17 bits per heavy atom. The Kier molecular flexibility index (Phi) is 6.96. The van der Waals surface area contributed by atoms with E-state index in [0.717, 1.165) is 21.6 Å². The third kappa shape index (κ3) is 5.02. The van der Waals surface area contributed by atoms with Crippen LogP contribution in [0.15, 0.2) is 72.8 Å². The van der Waals surface area contributed by atoms with Gasteiger partial charge >= 0.3 is 0 Å². The van der Waals surface area contributed by atoms with Crippen molar-refractivity contribution in [1.82, 2.24) is 4.90 Å². The second-order valence-corrected chi connectivity index (χ2v) is 9.26. The van der Waals surface area contributed by atoms with E-state index >= 15 is 0 Å². The van der Waals surface area contributed by atoms with Gasteiger partial charge < -0.3 is 4.90 Å². The van der Waals surface area contributed by atoms with Crippen LogP contribution in [0.5, 0.6) is 0 Å². The highest BCUT2D eigenvalue weighted by Gasteiger charge is 2.44. The number of aryl methyl sites for hydroxylation is 1. The zero-order chi connectivity index (χ0) is 26.0. The second kappa shape index (κ2) is 10.1. The van der Waals surface area contributed by atoms with Crippen LogP contribution in [0.1, 0.15) is 53.2 Å². The lowest BCUT2D eigenvalue weighted by Crippen LogP contribution is -2.45. The zero-order valence-corrected chi connectivity index (χ0v) is 20.4. The molecule has 8 nitrogen and oxygen atoms in total. The van der Waals surface area contributed by atoms with E-state index in [1.807, 2.05) is 43.3 Å². The molecular formula is C28H27N3O5. The molecule has 1 aliphatic rings. The third-order valence-electron chi connectivity index (χ3n) is 6.38. The molecule has 3 aromatic rings. The molecule has 1 unspecified atom stereocenters. The summed E-state index contributed by atoms with van der Waals surface area (Å²) in [5, 5.41) is 11.0. The smallest absolute Gasteiger partial charge is 0.269 e. The van der Waals surface area contributed by atoms with Crippen LogP contribution in [-0.2, 0) is 16.1 Å². The van der Waals surface area contributed by atoms with Gasteiger partial charge in [0.2, 0.25) is 5.91 Å². The van der Waals surface area contributed by atoms with E-state index in [2.05, 4.69) is 13.8 Å². The van der Waals surface area contributed by atoms with Crippen LogP contribution in [-0.4, -0.2) is 33.6 Å². The summed E-state index contributed by atoms with van der Waals surface area (Å²) in [6.07, 6.45) is -0.144. The van der Waals surface area contributed by atoms with Crippen LogP contribution in [0.25, 0.3) is 0 Å². The van der Waals surface area contributed by atoms with Crippen LogP contribution < -0.4 is 4.90 Å². The first kappa shape index (κ1) is 24.8. The van der Waals surface area contributed by atoms with Crippen molar-refractivity contribution in [3.05, 3.63) is 105 Å². The topological polar surface area (TPSA) is 101 Å². The SMILES string of the molecule is Cc1ccc(CN(C(=O)c2ccc([N+](=O)[O-])cc2)C2CC(=O)N(c3ccc(C(C)C)cc3)C2=O)cc1. The van der Waals surface area contributed by atoms with Crippen molar-refractivity contribution in [3.63, 3.8) is 0 Å². The third-order valence-corrected chi connectivity index (χ3v) is 6.38. The molecule has 8 heteroatoms. The zero-order valence-electron chi connectivity index (χ0n) is 20.4. The van der Waals surface area contributed by atoms with Gasteiger partial charge in [-0.15, -0.1) is 0 Å². The fraction of sp³-hybridized carbons (Fsp3) is 0.250. The van der Waals surface area contributed by atoms with E-state index in [9.17, 15) is 24.5 Å². The molecule has 0 radical (unpaired) electrons. The van der Waals surface area contributed by atoms with Crippen LogP contribution in [0, 0.1) is 17.0 Å². The van der Waals surface area contributed by atoms with E-state index in [-0.39, 0.29) is 30.1 Å². The molecule has 184 valence electrons. The number of hydrogen-bond donors (Lipinski definition) is 0. The minimum Gasteiger partial charge on any atom is -0.322 e. The molecule has 0 aliphatic carbocycles. The van der Waals surface area contributed by atoms with Gasteiger partial charge in [-0.2, -0.15) is 0 Å². The number of carbonyl (C=O) groups excluding carboxylic acids is 3. The van der Waals surface area contributed by atoms with Gasteiger partial charge in [-0.05, 0) is 48.2 Å². The fourth-order valence-corrected chi connectivity index (χ4v) is 4.24. The lowest BCUT2D eigenvalue weighted by molar-refractivity contribution is -0.384. The van der Waals surface area contributed by atoms with Gasteiger partial charge in [-0.1, -0.05) is 55.8 Å². The average molecular weight is 486 g/mol. The van der Waals surface area contributed by atoms with Crippen LogP contribution >= 0.6 is 0 Å². The first-order chi connectivity index (χ1) is 17.2. The van der Waals surface area contributed by atoms with Gasteiger partial charge in [0.1, 0.15) is 6.04 Å². The number of hydrogen-bond acceptors (Lipinski definition) is 5. The number of nitrogens with zero attached hydrogens (tertiary/aromatic N) is 3. The summed E-state index contributed by atoms with van der Waals surface area (Å²) in [6, 6.07) is 19.1. The first-order valence-corrected chi connectivity index (χ1v) is 11.7. The second-order valence-electron chi connectivity index (χ2n) is 9.26. The Bertz CT molecular complexity index is 1300. The highest BCUT2D eigenvalue weighted by molar-refractivity contribution is 6.23. The first-order valence-electron chi connectivity index (χ1n) is 11.7. The number of non-ortho nitro benzene ring substituents is 1. The Labute approximate surface area is 209 Å². The molecular weight excluding hydrogens is 458 g/mol. The van der Waals surface area contributed by atoms with E-state index in [0.29, 0.717) is 11.6 Å². The maximum absolute atomic E-state index is 13.6. The predicted molar refractivity (Wildman–Crippen MR) is 136 cm³/mol. The number of imide groups is 1. The van der Waals surface area contributed by atoms with Crippen LogP contribution in [0.3, 0.4) is 0 Å². The average Bonchev–Trinajstić information content (AvgIpc) is 3.16. The molecule has 3 aromatic carbocycles. The quantitative estimate of drug-likeness (QED) is 0.266. The largest absolute Gasteiger partial charge is 0.322 e. The van der Waals surface area contributed by atoms with Crippen molar-refractivity contribution < 1.29 is 19.3 Å². The molecule has 36 heavy (non-hydrogen) atoms. The molecule has 3 amide bonds. The number of amides is 3. The molecule has 1 fully saturated rings. The van der Waals surface area contributed by atoms with Gasteiger partial charge in [0, 0.05) is 24.2 Å². The van der Waals surface area contributed by atoms with Crippen molar-refractivity contribution in [2.45, 2.75) is 45.7 Å². The van der Waals surface area contributed by atoms with Gasteiger partial charge in [-0.25, -0.2) is 4.90 Å². The highest BCUT2D eigenvalue weighted by atomic mass is 16.6. The number of benzene rings is 3.